The number of hydrogen-bond acceptors (Lipinski definition) is 7. The standard InChI is InChI=1S/C22H30O6S.31H2/c1-11(2)14-9-18(23)27-17-10-16(12(3)8-15(14)17)28-20-19(24)21(5,25)22(6,26-7)13(4)29-20;;;;;;;;;;;;;;;;;;;;;;;;;;;;;;;/h8-11,13,19-20,24-25H,1-7H3;31*1H/t13?,19-,20+,21+,22+;;;;;;;;;;;;;;;;;;;;;;;;;;;;;;;/m0.............................../s1. The number of aliphatic hydroxyl groups is 2. The minimum atomic E-state index is -1.51. The predicted molar refractivity (Wildman–Crippen MR) is 180 cm³/mol. The molecule has 6 nitrogen and oxygen atoms in total. The summed E-state index contributed by atoms with van der Waals surface area (Å²) in [7, 11) is 1.53. The van der Waals surface area contributed by atoms with Crippen LogP contribution in [0.4, 0.5) is 0 Å². The van der Waals surface area contributed by atoms with E-state index in [2.05, 4.69) is 0 Å². The first-order chi connectivity index (χ1) is 13.4. The first-order valence-electron chi connectivity index (χ1n) is 9.78. The molecule has 1 saturated heterocycles. The number of methoxy groups -OCH3 is 1. The Morgan fingerprint density at radius 2 is 1.93 bits per heavy atom. The topological polar surface area (TPSA) is 89.1 Å². The van der Waals surface area contributed by atoms with Crippen molar-refractivity contribution in [2.24, 2.45) is 0 Å². The molecule has 0 saturated carbocycles. The van der Waals surface area contributed by atoms with Gasteiger partial charge >= 0.3 is 5.63 Å². The van der Waals surface area contributed by atoms with E-state index in [1.165, 1.54) is 24.9 Å². The Hall–Kier alpha value is -1.54. The normalized spacial score (nSPS) is 32.7. The molecule has 2 aromatic rings. The molecule has 0 radical (unpaired) electrons. The molecule has 1 unspecified atom stereocenters. The second-order valence-corrected chi connectivity index (χ2v) is 9.90. The summed E-state index contributed by atoms with van der Waals surface area (Å²) < 4.78 is 17.1. The Morgan fingerprint density at radius 3 is 2.52 bits per heavy atom. The highest BCUT2D eigenvalue weighted by Gasteiger charge is 2.59. The smallest absolute Gasteiger partial charge is 0.336 e. The van der Waals surface area contributed by atoms with Gasteiger partial charge in [0.2, 0.25) is 0 Å². The van der Waals surface area contributed by atoms with E-state index in [1.807, 2.05) is 33.8 Å². The number of benzene rings is 1. The molecule has 1 aliphatic rings. The minimum absolute atomic E-state index is 0. The second kappa shape index (κ2) is 7.61. The summed E-state index contributed by atoms with van der Waals surface area (Å²) in [6, 6.07) is 5.15. The highest BCUT2D eigenvalue weighted by atomic mass is 32.2. The van der Waals surface area contributed by atoms with Crippen molar-refractivity contribution in [3.63, 3.8) is 0 Å². The maximum Gasteiger partial charge on any atom is 0.336 e. The average molecular weight is 485 g/mol. The summed E-state index contributed by atoms with van der Waals surface area (Å²) in [4.78, 5) is 12.0. The molecule has 3 rings (SSSR count). The Bertz CT molecular complexity index is 1030. The molecule has 29 heavy (non-hydrogen) atoms. The zero-order valence-electron chi connectivity index (χ0n) is 18.0. The van der Waals surface area contributed by atoms with Gasteiger partial charge in [-0.25, -0.2) is 4.79 Å². The van der Waals surface area contributed by atoms with Crippen LogP contribution in [0, 0.1) is 6.92 Å². The molecule has 1 aromatic carbocycles. The molecule has 0 bridgehead atoms. The van der Waals surface area contributed by atoms with Crippen LogP contribution in [0.25, 0.3) is 11.0 Å². The summed E-state index contributed by atoms with van der Waals surface area (Å²) in [5, 5.41) is 22.6. The molecule has 0 amide bonds. The summed E-state index contributed by atoms with van der Waals surface area (Å²) in [6.07, 6.45) is -1.18. The van der Waals surface area contributed by atoms with Gasteiger partial charge < -0.3 is 24.1 Å². The molecule has 1 aliphatic heterocycles. The lowest BCUT2D eigenvalue weighted by atomic mass is 9.78. The van der Waals surface area contributed by atoms with Crippen molar-refractivity contribution in [2.45, 2.75) is 75.5 Å². The van der Waals surface area contributed by atoms with Gasteiger partial charge in [0.25, 0.3) is 0 Å². The monoisotopic (exact) mass is 485 g/mol. The molecule has 2 N–H and O–H groups in total. The van der Waals surface area contributed by atoms with Crippen LogP contribution in [0.3, 0.4) is 0 Å². The SMILES string of the molecule is CO[C@]1(C)C(C)S[C@@H](Oc2cc3oc(=O)cc(C(C)C)c3cc2C)[C@H](O)[C@@]1(C)O.[HH].[HH].[HH].[HH].[HH].[HH].[HH].[HH].[HH].[HH].[HH].[HH].[HH].[HH].[HH].[HH].[HH].[HH].[HH].[HH].[HH].[HH].[HH].[HH].[HH].[HH].[HH].[HH].[HH].[HH].[HH]. The van der Waals surface area contributed by atoms with Gasteiger partial charge in [0, 0.05) is 74.1 Å². The fraction of sp³-hybridized carbons (Fsp3) is 0.591. The average Bonchev–Trinajstić information content (AvgIpc) is 2.64. The van der Waals surface area contributed by atoms with E-state index in [-0.39, 0.29) is 55.4 Å². The van der Waals surface area contributed by atoms with Crippen LogP contribution >= 0.6 is 11.8 Å². The lowest BCUT2D eigenvalue weighted by Gasteiger charge is -2.53. The van der Waals surface area contributed by atoms with Gasteiger partial charge in [-0.1, -0.05) is 20.8 Å². The first-order valence-corrected chi connectivity index (χ1v) is 10.7. The van der Waals surface area contributed by atoms with E-state index in [0.29, 0.717) is 11.3 Å². The molecule has 1 aromatic heterocycles. The van der Waals surface area contributed by atoms with Crippen LogP contribution < -0.4 is 10.4 Å². The second-order valence-electron chi connectivity index (χ2n) is 8.46. The molecule has 1 fully saturated rings. The van der Waals surface area contributed by atoms with Crippen molar-refractivity contribution >= 4 is 22.7 Å². The van der Waals surface area contributed by atoms with Crippen molar-refractivity contribution < 1.29 is 68.3 Å². The number of ether oxygens (including phenoxy) is 2. The maximum atomic E-state index is 12.0. The van der Waals surface area contributed by atoms with Crippen LogP contribution in [0.2, 0.25) is 0 Å². The van der Waals surface area contributed by atoms with Crippen LogP contribution in [-0.4, -0.2) is 45.3 Å². The van der Waals surface area contributed by atoms with E-state index < -0.39 is 28.4 Å². The third kappa shape index (κ3) is 3.58. The van der Waals surface area contributed by atoms with Crippen molar-refractivity contribution in [1.29, 1.82) is 0 Å². The van der Waals surface area contributed by atoms with Crippen molar-refractivity contribution in [3.05, 3.63) is 39.7 Å². The molecule has 222 valence electrons. The van der Waals surface area contributed by atoms with Gasteiger partial charge in [-0.05, 0) is 43.9 Å². The van der Waals surface area contributed by atoms with Crippen molar-refractivity contribution in [1.82, 2.24) is 0 Å². The van der Waals surface area contributed by atoms with Gasteiger partial charge in [-0.15, -0.1) is 11.8 Å². The van der Waals surface area contributed by atoms with Crippen LogP contribution in [-0.2, 0) is 4.74 Å². The number of aliphatic hydroxyl groups excluding tert-OH is 1. The molecular weight excluding hydrogens is 392 g/mol. The molecule has 5 atom stereocenters. The zero-order valence-corrected chi connectivity index (χ0v) is 18.8. The van der Waals surface area contributed by atoms with Gasteiger partial charge in [-0.2, -0.15) is 0 Å². The van der Waals surface area contributed by atoms with Crippen LogP contribution in [0.1, 0.15) is 95.9 Å². The van der Waals surface area contributed by atoms with E-state index in [0.717, 1.165) is 16.5 Å². The molecule has 0 spiro atoms. The van der Waals surface area contributed by atoms with E-state index in [4.69, 9.17) is 13.9 Å². The highest BCUT2D eigenvalue weighted by molar-refractivity contribution is 8.00. The third-order valence-electron chi connectivity index (χ3n) is 6.31. The fourth-order valence-electron chi connectivity index (χ4n) is 3.89. The largest absolute Gasteiger partial charge is 0.477 e. The van der Waals surface area contributed by atoms with Gasteiger partial charge in [0.05, 0.1) is 0 Å². The van der Waals surface area contributed by atoms with Gasteiger partial charge in [-0.3, -0.25) is 0 Å². The van der Waals surface area contributed by atoms with Crippen molar-refractivity contribution in [2.75, 3.05) is 7.11 Å². The lowest BCUT2D eigenvalue weighted by molar-refractivity contribution is -0.211. The van der Waals surface area contributed by atoms with Gasteiger partial charge in [0.1, 0.15) is 28.6 Å². The van der Waals surface area contributed by atoms with Gasteiger partial charge in [0.15, 0.2) is 5.44 Å². The Kier molecular flexibility index (Phi) is 5.82. The predicted octanol–water partition coefficient (Wildman–Crippen LogP) is 11.2. The van der Waals surface area contributed by atoms with Crippen LogP contribution in [0.15, 0.2) is 27.4 Å². The Morgan fingerprint density at radius 1 is 1.28 bits per heavy atom. The Balaban J connectivity index is -0.0000000115. The van der Waals surface area contributed by atoms with Crippen LogP contribution in [0.5, 0.6) is 5.75 Å². The van der Waals surface area contributed by atoms with E-state index in [1.54, 1.807) is 19.9 Å². The quantitative estimate of drug-likeness (QED) is 0.417. The number of rotatable bonds is 4. The number of hydrogen-bond donors (Lipinski definition) is 2. The summed E-state index contributed by atoms with van der Waals surface area (Å²) in [5.41, 5.74) is -1.35. The Labute approximate surface area is 221 Å². The maximum absolute atomic E-state index is 12.0. The molecule has 0 aliphatic carbocycles. The minimum Gasteiger partial charge on any atom is -0.477 e. The summed E-state index contributed by atoms with van der Waals surface area (Å²) in [6.45, 7) is 11.2. The fourth-order valence-corrected chi connectivity index (χ4v) is 5.46. The van der Waals surface area contributed by atoms with E-state index in [9.17, 15) is 15.0 Å². The number of thioether (sulfide) groups is 1. The molecule has 7 heteroatoms. The zero-order chi connectivity index (χ0) is 21.7. The first kappa shape index (κ1) is 22.2. The van der Waals surface area contributed by atoms with Crippen molar-refractivity contribution in [3.8, 4) is 5.75 Å². The molecular formula is C22H92O6S. The number of fused-ring (bicyclic) bond motifs is 1. The number of aryl methyl sites for hydroxylation is 1. The van der Waals surface area contributed by atoms with E-state index >= 15 is 0 Å². The molecule has 2 heterocycles. The third-order valence-corrected chi connectivity index (χ3v) is 7.79. The summed E-state index contributed by atoms with van der Waals surface area (Å²) >= 11 is 1.40. The highest BCUT2D eigenvalue weighted by Crippen LogP contribution is 2.47. The lowest BCUT2D eigenvalue weighted by Crippen LogP contribution is -2.69. The summed E-state index contributed by atoms with van der Waals surface area (Å²) in [5.74, 6) is 0.674.